The van der Waals surface area contributed by atoms with Gasteiger partial charge in [0, 0.05) is 25.6 Å². The molecule has 1 fully saturated rings. The van der Waals surface area contributed by atoms with Gasteiger partial charge >= 0.3 is 0 Å². The number of nitrogens with zero attached hydrogens (tertiary/aromatic N) is 1. The fourth-order valence-corrected chi connectivity index (χ4v) is 2.11. The van der Waals surface area contributed by atoms with E-state index in [0.717, 1.165) is 0 Å². The van der Waals surface area contributed by atoms with Crippen molar-refractivity contribution in [3.63, 3.8) is 0 Å². The van der Waals surface area contributed by atoms with E-state index in [2.05, 4.69) is 5.32 Å². The first-order chi connectivity index (χ1) is 9.18. The maximum Gasteiger partial charge on any atom is 0.218 e. The molecule has 102 valence electrons. The van der Waals surface area contributed by atoms with Gasteiger partial charge in [-0.1, -0.05) is 30.3 Å². The minimum Gasteiger partial charge on any atom is -0.379 e. The van der Waals surface area contributed by atoms with Gasteiger partial charge in [0.15, 0.2) is 5.78 Å². The molecule has 0 aromatic heterocycles. The number of carbonyl (C=O) groups is 2. The van der Waals surface area contributed by atoms with Crippen LogP contribution >= 0.6 is 0 Å². The van der Waals surface area contributed by atoms with Crippen LogP contribution in [0.4, 0.5) is 0 Å². The van der Waals surface area contributed by atoms with Crippen molar-refractivity contribution in [1.82, 2.24) is 10.2 Å². The van der Waals surface area contributed by atoms with Crippen molar-refractivity contribution in [3.05, 3.63) is 35.9 Å². The Morgan fingerprint density at radius 1 is 1.21 bits per heavy atom. The normalized spacial score (nSPS) is 17.7. The molecule has 5 heteroatoms. The molecule has 0 radical (unpaired) electrons. The van der Waals surface area contributed by atoms with Crippen LogP contribution in [-0.2, 0) is 9.53 Å². The van der Waals surface area contributed by atoms with Gasteiger partial charge in [0.2, 0.25) is 5.91 Å². The molecular weight excluding hydrogens is 244 g/mol. The Morgan fingerprint density at radius 2 is 1.84 bits per heavy atom. The number of amides is 1. The number of ether oxygens (including phenoxy) is 1. The van der Waals surface area contributed by atoms with E-state index in [1.807, 2.05) is 23.1 Å². The van der Waals surface area contributed by atoms with Crippen LogP contribution in [0.2, 0.25) is 0 Å². The van der Waals surface area contributed by atoms with Gasteiger partial charge in [0.05, 0.1) is 13.2 Å². The zero-order valence-corrected chi connectivity index (χ0v) is 11.0. The summed E-state index contributed by atoms with van der Waals surface area (Å²) >= 11 is 0. The molecule has 2 rings (SSSR count). The summed E-state index contributed by atoms with van der Waals surface area (Å²) in [4.78, 5) is 25.7. The first-order valence-electron chi connectivity index (χ1n) is 6.36. The lowest BCUT2D eigenvalue weighted by molar-refractivity contribution is -0.121. The molecule has 5 nitrogen and oxygen atoms in total. The third kappa shape index (κ3) is 3.62. The number of hydrogen-bond donors (Lipinski definition) is 1. The van der Waals surface area contributed by atoms with E-state index in [1.165, 1.54) is 6.92 Å². The second-order valence-corrected chi connectivity index (χ2v) is 4.48. The third-order valence-electron chi connectivity index (χ3n) is 3.06. The highest BCUT2D eigenvalue weighted by molar-refractivity contribution is 6.01. The van der Waals surface area contributed by atoms with E-state index in [9.17, 15) is 9.59 Å². The van der Waals surface area contributed by atoms with Crippen molar-refractivity contribution >= 4 is 11.7 Å². The van der Waals surface area contributed by atoms with Crippen molar-refractivity contribution in [3.8, 4) is 0 Å². The number of carbonyl (C=O) groups excluding carboxylic acids is 2. The molecule has 0 aliphatic carbocycles. The number of Topliss-reactive ketones (excluding diaryl/α,β-unsaturated/α-hetero) is 1. The topological polar surface area (TPSA) is 58.6 Å². The quantitative estimate of drug-likeness (QED) is 0.810. The zero-order valence-electron chi connectivity index (χ0n) is 11.0. The van der Waals surface area contributed by atoms with Gasteiger partial charge in [0.25, 0.3) is 0 Å². The highest BCUT2D eigenvalue weighted by Crippen LogP contribution is 2.09. The van der Waals surface area contributed by atoms with Crippen LogP contribution in [0.1, 0.15) is 17.3 Å². The standard InChI is InChI=1S/C14H18N2O3/c1-11(17)15-14(16-7-9-19-10-8-16)13(18)12-5-3-2-4-6-12/h2-6,14H,7-10H2,1H3,(H,15,17). The molecule has 1 saturated heterocycles. The average molecular weight is 262 g/mol. The van der Waals surface area contributed by atoms with E-state index in [-0.39, 0.29) is 11.7 Å². The van der Waals surface area contributed by atoms with Crippen molar-refractivity contribution in [2.45, 2.75) is 13.1 Å². The summed E-state index contributed by atoms with van der Waals surface area (Å²) < 4.78 is 5.27. The maximum absolute atomic E-state index is 12.5. The van der Waals surface area contributed by atoms with E-state index in [1.54, 1.807) is 12.1 Å². The Kier molecular flexibility index (Phi) is 4.65. The molecule has 0 spiro atoms. The van der Waals surface area contributed by atoms with Gasteiger partial charge in [-0.3, -0.25) is 14.5 Å². The minimum absolute atomic E-state index is 0.0855. The average Bonchev–Trinajstić information content (AvgIpc) is 2.46. The van der Waals surface area contributed by atoms with Crippen LogP contribution in [0.15, 0.2) is 30.3 Å². The number of nitrogens with one attached hydrogen (secondary N) is 1. The molecular formula is C14H18N2O3. The predicted octanol–water partition coefficient (Wildman–Crippen LogP) is 0.664. The van der Waals surface area contributed by atoms with Gasteiger partial charge in [-0.25, -0.2) is 0 Å². The summed E-state index contributed by atoms with van der Waals surface area (Å²) in [6.45, 7) is 3.87. The van der Waals surface area contributed by atoms with Crippen LogP contribution in [0.25, 0.3) is 0 Å². The number of rotatable bonds is 4. The van der Waals surface area contributed by atoms with E-state index in [4.69, 9.17) is 4.74 Å². The highest BCUT2D eigenvalue weighted by atomic mass is 16.5. The molecule has 1 unspecified atom stereocenters. The molecule has 0 saturated carbocycles. The van der Waals surface area contributed by atoms with Crippen molar-refractivity contribution in [2.75, 3.05) is 26.3 Å². The molecule has 1 aromatic carbocycles. The maximum atomic E-state index is 12.5. The van der Waals surface area contributed by atoms with Gasteiger partial charge in [-0.15, -0.1) is 0 Å². The van der Waals surface area contributed by atoms with Gasteiger partial charge in [0.1, 0.15) is 6.17 Å². The fourth-order valence-electron chi connectivity index (χ4n) is 2.11. The Morgan fingerprint density at radius 3 is 2.42 bits per heavy atom. The van der Waals surface area contributed by atoms with Crippen LogP contribution in [-0.4, -0.2) is 49.1 Å². The molecule has 1 heterocycles. The van der Waals surface area contributed by atoms with Crippen LogP contribution in [0.5, 0.6) is 0 Å². The second kappa shape index (κ2) is 6.45. The molecule has 1 aliphatic heterocycles. The Labute approximate surface area is 112 Å². The van der Waals surface area contributed by atoms with Crippen molar-refractivity contribution < 1.29 is 14.3 Å². The van der Waals surface area contributed by atoms with Gasteiger partial charge in [-0.05, 0) is 0 Å². The molecule has 0 bridgehead atoms. The second-order valence-electron chi connectivity index (χ2n) is 4.48. The zero-order chi connectivity index (χ0) is 13.7. The van der Waals surface area contributed by atoms with Crippen LogP contribution in [0, 0.1) is 0 Å². The summed E-state index contributed by atoms with van der Waals surface area (Å²) in [5, 5.41) is 2.73. The highest BCUT2D eigenvalue weighted by Gasteiger charge is 2.28. The first-order valence-corrected chi connectivity index (χ1v) is 6.36. The lowest BCUT2D eigenvalue weighted by Crippen LogP contribution is -2.55. The van der Waals surface area contributed by atoms with E-state index < -0.39 is 6.17 Å². The number of ketones is 1. The Balaban J connectivity index is 2.16. The minimum atomic E-state index is -0.608. The number of benzene rings is 1. The summed E-state index contributed by atoms with van der Waals surface area (Å²) in [6.07, 6.45) is -0.608. The van der Waals surface area contributed by atoms with Crippen molar-refractivity contribution in [1.29, 1.82) is 0 Å². The summed E-state index contributed by atoms with van der Waals surface area (Å²) in [7, 11) is 0. The Bertz CT molecular complexity index is 441. The molecule has 1 aliphatic rings. The molecule has 19 heavy (non-hydrogen) atoms. The van der Waals surface area contributed by atoms with Crippen molar-refractivity contribution in [2.24, 2.45) is 0 Å². The van der Waals surface area contributed by atoms with Gasteiger partial charge < -0.3 is 10.1 Å². The van der Waals surface area contributed by atoms with Crippen LogP contribution < -0.4 is 5.32 Å². The summed E-state index contributed by atoms with van der Waals surface area (Å²) in [5.41, 5.74) is 0.604. The smallest absolute Gasteiger partial charge is 0.218 e. The monoisotopic (exact) mass is 262 g/mol. The lowest BCUT2D eigenvalue weighted by atomic mass is 10.1. The molecule has 1 aromatic rings. The third-order valence-corrected chi connectivity index (χ3v) is 3.06. The van der Waals surface area contributed by atoms with Gasteiger partial charge in [-0.2, -0.15) is 0 Å². The van der Waals surface area contributed by atoms with E-state index in [0.29, 0.717) is 31.9 Å². The SMILES string of the molecule is CC(=O)NC(C(=O)c1ccccc1)N1CCOCC1. The molecule has 1 atom stereocenters. The Hall–Kier alpha value is -1.72. The first kappa shape index (κ1) is 13.7. The molecule has 1 N–H and O–H groups in total. The largest absolute Gasteiger partial charge is 0.379 e. The van der Waals surface area contributed by atoms with Crippen LogP contribution in [0.3, 0.4) is 0 Å². The van der Waals surface area contributed by atoms with E-state index >= 15 is 0 Å². The summed E-state index contributed by atoms with van der Waals surface area (Å²) in [5.74, 6) is -0.293. The predicted molar refractivity (Wildman–Crippen MR) is 70.8 cm³/mol. The fraction of sp³-hybridized carbons (Fsp3) is 0.429. The lowest BCUT2D eigenvalue weighted by Gasteiger charge is -2.33. The molecule has 1 amide bonds. The summed E-state index contributed by atoms with van der Waals surface area (Å²) in [6, 6.07) is 9.02. The number of morpholine rings is 1. The number of hydrogen-bond acceptors (Lipinski definition) is 4.